The number of nitroso groups, excluding NO2 is 1. The molecular weight excluding hydrogens is 300 g/mol. The summed E-state index contributed by atoms with van der Waals surface area (Å²) in [4.78, 5) is 33.7. The van der Waals surface area contributed by atoms with Crippen molar-refractivity contribution in [3.05, 3.63) is 34.7 Å². The SMILES string of the molecule is O=NN(CCCl)C(=O)Nc1ccc(C(=O)NCCO)cc1. The van der Waals surface area contributed by atoms with Crippen molar-refractivity contribution in [1.29, 1.82) is 0 Å². The number of carbonyl (C=O) groups is 2. The number of anilines is 1. The van der Waals surface area contributed by atoms with Gasteiger partial charge in [-0.1, -0.05) is 0 Å². The zero-order chi connectivity index (χ0) is 15.7. The normalized spacial score (nSPS) is 9.81. The zero-order valence-corrected chi connectivity index (χ0v) is 11.8. The number of nitrogens with zero attached hydrogens (tertiary/aromatic N) is 2. The summed E-state index contributed by atoms with van der Waals surface area (Å²) in [5.74, 6) is -0.247. The van der Waals surface area contributed by atoms with E-state index in [1.165, 1.54) is 24.3 Å². The van der Waals surface area contributed by atoms with Crippen molar-refractivity contribution in [1.82, 2.24) is 10.3 Å². The third-order valence-corrected chi connectivity index (χ3v) is 2.59. The van der Waals surface area contributed by atoms with Crippen LogP contribution in [0.1, 0.15) is 10.4 Å². The van der Waals surface area contributed by atoms with E-state index in [0.717, 1.165) is 0 Å². The lowest BCUT2D eigenvalue weighted by Crippen LogP contribution is -2.31. The zero-order valence-electron chi connectivity index (χ0n) is 11.1. The molecule has 0 bridgehead atoms. The van der Waals surface area contributed by atoms with Crippen LogP contribution in [0.15, 0.2) is 29.6 Å². The highest BCUT2D eigenvalue weighted by Gasteiger charge is 2.13. The maximum Gasteiger partial charge on any atom is 0.344 e. The van der Waals surface area contributed by atoms with Gasteiger partial charge in [0.15, 0.2) is 0 Å². The predicted molar refractivity (Wildman–Crippen MR) is 78.1 cm³/mol. The molecule has 8 nitrogen and oxygen atoms in total. The number of benzene rings is 1. The number of hydrogen-bond donors (Lipinski definition) is 3. The van der Waals surface area contributed by atoms with Gasteiger partial charge in [0, 0.05) is 23.7 Å². The van der Waals surface area contributed by atoms with Crippen molar-refractivity contribution in [3.63, 3.8) is 0 Å². The first kappa shape index (κ1) is 16.9. The van der Waals surface area contributed by atoms with Crippen molar-refractivity contribution in [2.45, 2.75) is 0 Å². The van der Waals surface area contributed by atoms with Crippen molar-refractivity contribution in [2.24, 2.45) is 5.29 Å². The Labute approximate surface area is 126 Å². The monoisotopic (exact) mass is 314 g/mol. The van der Waals surface area contributed by atoms with E-state index in [0.29, 0.717) is 16.3 Å². The molecule has 114 valence electrons. The third-order valence-electron chi connectivity index (χ3n) is 2.43. The molecule has 0 saturated heterocycles. The molecule has 0 aliphatic carbocycles. The second-order valence-electron chi connectivity index (χ2n) is 3.88. The highest BCUT2D eigenvalue weighted by Crippen LogP contribution is 2.10. The second kappa shape index (κ2) is 8.88. The van der Waals surface area contributed by atoms with Crippen LogP contribution in [0.3, 0.4) is 0 Å². The minimum atomic E-state index is -0.705. The Morgan fingerprint density at radius 3 is 2.48 bits per heavy atom. The Hall–Kier alpha value is -2.19. The molecule has 0 unspecified atom stereocenters. The molecule has 0 aliphatic rings. The molecule has 0 saturated carbocycles. The Balaban J connectivity index is 2.63. The van der Waals surface area contributed by atoms with Gasteiger partial charge in [-0.3, -0.25) is 4.79 Å². The van der Waals surface area contributed by atoms with Gasteiger partial charge in [0.25, 0.3) is 5.91 Å². The first-order valence-electron chi connectivity index (χ1n) is 6.09. The Morgan fingerprint density at radius 2 is 1.95 bits per heavy atom. The lowest BCUT2D eigenvalue weighted by Gasteiger charge is -2.13. The van der Waals surface area contributed by atoms with Crippen LogP contribution in [-0.2, 0) is 0 Å². The molecule has 0 spiro atoms. The number of alkyl halides is 1. The number of halogens is 1. The van der Waals surface area contributed by atoms with Crippen LogP contribution >= 0.6 is 11.6 Å². The van der Waals surface area contributed by atoms with E-state index >= 15 is 0 Å². The van der Waals surface area contributed by atoms with Crippen molar-refractivity contribution in [2.75, 3.05) is 30.9 Å². The number of nitrogens with one attached hydrogen (secondary N) is 2. The topological polar surface area (TPSA) is 111 Å². The summed E-state index contributed by atoms with van der Waals surface area (Å²) in [5, 5.41) is 16.8. The van der Waals surface area contributed by atoms with Gasteiger partial charge in [-0.2, -0.15) is 5.01 Å². The lowest BCUT2D eigenvalue weighted by molar-refractivity contribution is 0.0945. The number of rotatable bonds is 7. The predicted octanol–water partition coefficient (Wildman–Crippen LogP) is 1.16. The molecule has 21 heavy (non-hydrogen) atoms. The summed E-state index contributed by atoms with van der Waals surface area (Å²) in [6, 6.07) is 5.32. The minimum absolute atomic E-state index is 0.00145. The number of aliphatic hydroxyl groups is 1. The molecule has 0 fully saturated rings. The quantitative estimate of drug-likeness (QED) is 0.398. The summed E-state index contributed by atoms with van der Waals surface area (Å²) in [5.41, 5.74) is 0.787. The number of urea groups is 1. The van der Waals surface area contributed by atoms with Crippen LogP contribution in [-0.4, -0.2) is 47.6 Å². The van der Waals surface area contributed by atoms with Crippen LogP contribution in [0.25, 0.3) is 0 Å². The summed E-state index contributed by atoms with van der Waals surface area (Å²) in [7, 11) is 0. The molecule has 0 aromatic heterocycles. The molecule has 0 aliphatic heterocycles. The fraction of sp³-hybridized carbons (Fsp3) is 0.333. The Bertz CT molecular complexity index is 495. The smallest absolute Gasteiger partial charge is 0.344 e. The van der Waals surface area contributed by atoms with Crippen molar-refractivity contribution >= 4 is 29.2 Å². The first-order chi connectivity index (χ1) is 10.1. The van der Waals surface area contributed by atoms with E-state index in [9.17, 15) is 14.5 Å². The number of carbonyl (C=O) groups excluding carboxylic acids is 2. The third kappa shape index (κ3) is 5.36. The van der Waals surface area contributed by atoms with E-state index in [4.69, 9.17) is 16.7 Å². The summed E-state index contributed by atoms with van der Waals surface area (Å²) >= 11 is 5.44. The minimum Gasteiger partial charge on any atom is -0.395 e. The molecule has 0 radical (unpaired) electrons. The second-order valence-corrected chi connectivity index (χ2v) is 4.26. The van der Waals surface area contributed by atoms with Gasteiger partial charge in [0.2, 0.25) is 0 Å². The van der Waals surface area contributed by atoms with Crippen LogP contribution in [0.4, 0.5) is 10.5 Å². The van der Waals surface area contributed by atoms with Crippen molar-refractivity contribution < 1.29 is 14.7 Å². The molecule has 9 heteroatoms. The highest BCUT2D eigenvalue weighted by molar-refractivity contribution is 6.18. The van der Waals surface area contributed by atoms with E-state index < -0.39 is 6.03 Å². The van der Waals surface area contributed by atoms with Crippen LogP contribution in [0.5, 0.6) is 0 Å². The van der Waals surface area contributed by atoms with E-state index in [1.54, 1.807) is 0 Å². The van der Waals surface area contributed by atoms with Crippen LogP contribution < -0.4 is 10.6 Å². The molecule has 0 atom stereocenters. The van der Waals surface area contributed by atoms with Gasteiger partial charge in [-0.05, 0) is 24.3 Å². The van der Waals surface area contributed by atoms with Crippen molar-refractivity contribution in [3.8, 4) is 0 Å². The Kier molecular flexibility index (Phi) is 7.13. The maximum atomic E-state index is 11.6. The average Bonchev–Trinajstić information content (AvgIpc) is 2.50. The average molecular weight is 315 g/mol. The first-order valence-corrected chi connectivity index (χ1v) is 6.62. The number of hydrogen-bond acceptors (Lipinski definition) is 5. The molecule has 0 heterocycles. The summed E-state index contributed by atoms with van der Waals surface area (Å²) in [6.45, 7) is 0.0171. The number of amides is 3. The van der Waals surface area contributed by atoms with Gasteiger partial charge in [-0.25, -0.2) is 4.79 Å². The van der Waals surface area contributed by atoms with Gasteiger partial charge < -0.3 is 15.7 Å². The maximum absolute atomic E-state index is 11.6. The fourth-order valence-corrected chi connectivity index (χ4v) is 1.58. The largest absolute Gasteiger partial charge is 0.395 e. The molecule has 3 N–H and O–H groups in total. The highest BCUT2D eigenvalue weighted by atomic mass is 35.5. The summed E-state index contributed by atoms with van der Waals surface area (Å²) in [6.07, 6.45) is 0. The van der Waals surface area contributed by atoms with E-state index in [-0.39, 0.29) is 31.5 Å². The molecule has 1 aromatic carbocycles. The van der Waals surface area contributed by atoms with E-state index in [2.05, 4.69) is 15.9 Å². The molecule has 1 aromatic rings. The molecule has 3 amide bonds. The van der Waals surface area contributed by atoms with Gasteiger partial charge in [0.1, 0.15) is 0 Å². The lowest BCUT2D eigenvalue weighted by atomic mass is 10.2. The molecular formula is C12H15ClN4O4. The Morgan fingerprint density at radius 1 is 1.29 bits per heavy atom. The van der Waals surface area contributed by atoms with Crippen LogP contribution in [0, 0.1) is 4.91 Å². The van der Waals surface area contributed by atoms with Crippen LogP contribution in [0.2, 0.25) is 0 Å². The van der Waals surface area contributed by atoms with Gasteiger partial charge in [0.05, 0.1) is 18.4 Å². The molecule has 1 rings (SSSR count). The number of aliphatic hydroxyl groups excluding tert-OH is 1. The standard InChI is InChI=1S/C12H15ClN4O4/c13-5-7-17(16-21)12(20)15-10-3-1-9(2-4-10)11(19)14-6-8-18/h1-4,18H,5-8H2,(H,14,19)(H,15,20). The summed E-state index contributed by atoms with van der Waals surface area (Å²) < 4.78 is 0. The van der Waals surface area contributed by atoms with Gasteiger partial charge >= 0.3 is 6.03 Å². The van der Waals surface area contributed by atoms with Gasteiger partial charge in [-0.15, -0.1) is 16.5 Å². The van der Waals surface area contributed by atoms with E-state index in [1.807, 2.05) is 0 Å². The fourth-order valence-electron chi connectivity index (χ4n) is 1.42.